The minimum Gasteiger partial charge on any atom is -0.480 e. The maximum absolute atomic E-state index is 12.4. The molecule has 0 fully saturated rings. The van der Waals surface area contributed by atoms with Gasteiger partial charge in [0.1, 0.15) is 35.7 Å². The summed E-state index contributed by atoms with van der Waals surface area (Å²) in [6, 6.07) is 6.20. The molecule has 0 bridgehead atoms. The second kappa shape index (κ2) is 10.9. The number of benzene rings is 1. The van der Waals surface area contributed by atoms with Gasteiger partial charge in [0.15, 0.2) is 6.61 Å². The molecule has 1 aromatic heterocycles. The molecule has 0 saturated carbocycles. The smallest absolute Gasteiger partial charge is 0.344 e. The summed E-state index contributed by atoms with van der Waals surface area (Å²) in [7, 11) is 0. The van der Waals surface area contributed by atoms with Crippen molar-refractivity contribution >= 4 is 46.3 Å². The summed E-state index contributed by atoms with van der Waals surface area (Å²) in [6.07, 6.45) is -4.85. The van der Waals surface area contributed by atoms with Crippen molar-refractivity contribution < 1.29 is 39.5 Å². The molecule has 0 aliphatic rings. The third kappa shape index (κ3) is 6.13. The van der Waals surface area contributed by atoms with Crippen LogP contribution in [0.25, 0.3) is 0 Å². The Bertz CT molecular complexity index is 843. The molecule has 4 N–H and O–H groups in total. The van der Waals surface area contributed by atoms with Crippen LogP contribution in [0, 0.1) is 0 Å². The molecule has 0 unspecified atom stereocenters. The molecule has 0 saturated heterocycles. The van der Waals surface area contributed by atoms with E-state index in [1.165, 1.54) is 23.5 Å². The molecule has 2 rings (SSSR count). The fourth-order valence-corrected chi connectivity index (χ4v) is 3.32. The van der Waals surface area contributed by atoms with Crippen LogP contribution in [0.2, 0.25) is 10.0 Å². The topological polar surface area (TPSA) is 134 Å². The zero-order valence-corrected chi connectivity index (χ0v) is 17.2. The molecule has 1 heterocycles. The van der Waals surface area contributed by atoms with E-state index < -0.39 is 44.1 Å². The van der Waals surface area contributed by atoms with Gasteiger partial charge in [0.2, 0.25) is 5.78 Å². The van der Waals surface area contributed by atoms with Crippen molar-refractivity contribution in [3.8, 4) is 5.75 Å². The van der Waals surface area contributed by atoms with E-state index in [4.69, 9.17) is 37.8 Å². The van der Waals surface area contributed by atoms with Crippen molar-refractivity contribution in [3.63, 3.8) is 0 Å². The minimum absolute atomic E-state index is 0.0209. The molecular weight excluding hydrogens is 447 g/mol. The van der Waals surface area contributed by atoms with E-state index in [1.54, 1.807) is 17.5 Å². The van der Waals surface area contributed by atoms with Gasteiger partial charge in [-0.15, -0.1) is 11.3 Å². The van der Waals surface area contributed by atoms with Crippen LogP contribution in [0.5, 0.6) is 5.75 Å². The maximum Gasteiger partial charge on any atom is 0.344 e. The quantitative estimate of drug-likeness (QED) is 0.305. The standard InChI is InChI=1S/C18H18Cl2O8S/c19-15-9(17(25)13-2-1-5-29-13)3-4-12(16(15)20)27-8-14(24)28-7-11(23)18(26)10(22)6-21/h1-5,10-11,18,21-23,26H,6-8H2/t10-,11+,18-/m1/s1. The van der Waals surface area contributed by atoms with Gasteiger partial charge in [-0.2, -0.15) is 0 Å². The van der Waals surface area contributed by atoms with Gasteiger partial charge in [-0.1, -0.05) is 29.3 Å². The van der Waals surface area contributed by atoms with Gasteiger partial charge < -0.3 is 29.9 Å². The number of halogens is 2. The van der Waals surface area contributed by atoms with E-state index in [2.05, 4.69) is 0 Å². The molecule has 0 aliphatic carbocycles. The highest BCUT2D eigenvalue weighted by Crippen LogP contribution is 2.36. The Balaban J connectivity index is 1.93. The van der Waals surface area contributed by atoms with E-state index in [0.29, 0.717) is 4.88 Å². The third-order valence-corrected chi connectivity index (χ3v) is 5.51. The Kier molecular flexibility index (Phi) is 8.84. The summed E-state index contributed by atoms with van der Waals surface area (Å²) in [5.41, 5.74) is 0.189. The summed E-state index contributed by atoms with van der Waals surface area (Å²) in [6.45, 7) is -1.97. The van der Waals surface area contributed by atoms with Crippen molar-refractivity contribution in [2.24, 2.45) is 0 Å². The molecular formula is C18H18Cl2O8S. The fraction of sp³-hybridized carbons (Fsp3) is 0.333. The third-order valence-electron chi connectivity index (χ3n) is 3.77. The number of rotatable bonds is 10. The van der Waals surface area contributed by atoms with Crippen LogP contribution in [0.4, 0.5) is 0 Å². The van der Waals surface area contributed by atoms with E-state index in [9.17, 15) is 24.9 Å². The summed E-state index contributed by atoms with van der Waals surface area (Å²) in [4.78, 5) is 24.6. The van der Waals surface area contributed by atoms with Gasteiger partial charge in [0.05, 0.1) is 16.5 Å². The van der Waals surface area contributed by atoms with Crippen molar-refractivity contribution in [3.05, 3.63) is 50.1 Å². The lowest BCUT2D eigenvalue weighted by Crippen LogP contribution is -2.42. The predicted molar refractivity (Wildman–Crippen MR) is 106 cm³/mol. The molecule has 0 radical (unpaired) electrons. The summed E-state index contributed by atoms with van der Waals surface area (Å²) in [5.74, 6) is -1.14. The minimum atomic E-state index is -1.68. The van der Waals surface area contributed by atoms with Crippen LogP contribution >= 0.6 is 34.5 Å². The van der Waals surface area contributed by atoms with Gasteiger partial charge in [-0.05, 0) is 23.6 Å². The summed E-state index contributed by atoms with van der Waals surface area (Å²) < 4.78 is 9.96. The Morgan fingerprint density at radius 2 is 1.79 bits per heavy atom. The molecule has 0 aliphatic heterocycles. The van der Waals surface area contributed by atoms with Crippen LogP contribution in [-0.2, 0) is 9.53 Å². The fourth-order valence-electron chi connectivity index (χ4n) is 2.18. The highest BCUT2D eigenvalue weighted by atomic mass is 35.5. The highest BCUT2D eigenvalue weighted by molar-refractivity contribution is 7.12. The zero-order valence-electron chi connectivity index (χ0n) is 14.8. The number of hydrogen-bond acceptors (Lipinski definition) is 9. The monoisotopic (exact) mass is 464 g/mol. The van der Waals surface area contributed by atoms with Crippen molar-refractivity contribution in [1.82, 2.24) is 0 Å². The second-order valence-corrected chi connectivity index (χ2v) is 7.53. The summed E-state index contributed by atoms with van der Waals surface area (Å²) in [5, 5.41) is 38.7. The Labute approximate surface area is 179 Å². The molecule has 11 heteroatoms. The lowest BCUT2D eigenvalue weighted by Gasteiger charge is -2.21. The molecule has 2 aromatic rings. The van der Waals surface area contributed by atoms with Crippen molar-refractivity contribution in [1.29, 1.82) is 0 Å². The van der Waals surface area contributed by atoms with E-state index in [-0.39, 0.29) is 27.1 Å². The normalized spacial score (nSPS) is 14.1. The predicted octanol–water partition coefficient (Wildman–Crippen LogP) is 1.28. The van der Waals surface area contributed by atoms with E-state index >= 15 is 0 Å². The summed E-state index contributed by atoms with van der Waals surface area (Å²) >= 11 is 13.5. The molecule has 0 spiro atoms. The van der Waals surface area contributed by atoms with Crippen molar-refractivity contribution in [2.45, 2.75) is 18.3 Å². The molecule has 158 valence electrons. The van der Waals surface area contributed by atoms with Gasteiger partial charge in [0.25, 0.3) is 0 Å². The van der Waals surface area contributed by atoms with E-state index in [1.807, 2.05) is 0 Å². The first-order chi connectivity index (χ1) is 13.8. The number of carbonyl (C=O) groups is 2. The van der Waals surface area contributed by atoms with Crippen LogP contribution in [0.15, 0.2) is 29.6 Å². The lowest BCUT2D eigenvalue weighted by molar-refractivity contribution is -0.154. The van der Waals surface area contributed by atoms with Crippen LogP contribution in [-0.4, -0.2) is 70.3 Å². The van der Waals surface area contributed by atoms with Gasteiger partial charge >= 0.3 is 5.97 Å². The first-order valence-electron chi connectivity index (χ1n) is 8.26. The van der Waals surface area contributed by atoms with Gasteiger partial charge in [-0.3, -0.25) is 4.79 Å². The largest absolute Gasteiger partial charge is 0.480 e. The number of esters is 1. The molecule has 3 atom stereocenters. The zero-order chi connectivity index (χ0) is 21.6. The second-order valence-electron chi connectivity index (χ2n) is 5.83. The van der Waals surface area contributed by atoms with Crippen LogP contribution in [0.1, 0.15) is 15.2 Å². The number of aliphatic hydroxyl groups excluding tert-OH is 4. The SMILES string of the molecule is O=C(COc1ccc(C(=O)c2cccs2)c(Cl)c1Cl)OC[C@H](O)[C@H](O)[C@H](O)CO. The lowest BCUT2D eigenvalue weighted by atomic mass is 10.1. The highest BCUT2D eigenvalue weighted by Gasteiger charge is 2.25. The molecule has 1 aromatic carbocycles. The number of aliphatic hydroxyl groups is 4. The number of hydrogen-bond donors (Lipinski definition) is 4. The van der Waals surface area contributed by atoms with Gasteiger partial charge in [-0.25, -0.2) is 4.79 Å². The maximum atomic E-state index is 12.4. The Morgan fingerprint density at radius 1 is 1.07 bits per heavy atom. The average Bonchev–Trinajstić information content (AvgIpc) is 3.26. The number of carbonyl (C=O) groups excluding carboxylic acids is 2. The Hall–Kier alpha value is -1.72. The van der Waals surface area contributed by atoms with Crippen LogP contribution < -0.4 is 4.74 Å². The number of ketones is 1. The Morgan fingerprint density at radius 3 is 2.41 bits per heavy atom. The molecule has 29 heavy (non-hydrogen) atoms. The molecule has 0 amide bonds. The van der Waals surface area contributed by atoms with Crippen LogP contribution in [0.3, 0.4) is 0 Å². The first kappa shape index (κ1) is 23.6. The number of ether oxygens (including phenoxy) is 2. The molecule has 8 nitrogen and oxygen atoms in total. The van der Waals surface area contributed by atoms with Gasteiger partial charge in [0, 0.05) is 5.56 Å². The first-order valence-corrected chi connectivity index (χ1v) is 9.89. The van der Waals surface area contributed by atoms with Crippen molar-refractivity contribution in [2.75, 3.05) is 19.8 Å². The number of thiophene rings is 1. The van der Waals surface area contributed by atoms with E-state index in [0.717, 1.165) is 0 Å². The average molecular weight is 465 g/mol.